The number of aromatic amines is 1. The summed E-state index contributed by atoms with van der Waals surface area (Å²) >= 11 is 0. The number of hydrogen-bond donors (Lipinski definition) is 1. The van der Waals surface area contributed by atoms with Crippen LogP contribution in [-0.2, 0) is 15.1 Å². The molecule has 1 aromatic heterocycles. The van der Waals surface area contributed by atoms with Crippen molar-refractivity contribution >= 4 is 22.7 Å². The van der Waals surface area contributed by atoms with Gasteiger partial charge < -0.3 is 14.8 Å². The summed E-state index contributed by atoms with van der Waals surface area (Å²) < 4.78 is 0. The van der Waals surface area contributed by atoms with E-state index in [0.717, 1.165) is 47.8 Å². The van der Waals surface area contributed by atoms with E-state index in [1.54, 1.807) is 0 Å². The molecule has 0 unspecified atom stereocenters. The van der Waals surface area contributed by atoms with Gasteiger partial charge in [-0.05, 0) is 43.9 Å². The van der Waals surface area contributed by atoms with Crippen molar-refractivity contribution in [1.82, 2.24) is 14.8 Å². The van der Waals surface area contributed by atoms with Crippen LogP contribution in [0.15, 0.2) is 48.5 Å². The molecule has 2 fully saturated rings. The van der Waals surface area contributed by atoms with Crippen LogP contribution in [0.2, 0.25) is 0 Å². The maximum absolute atomic E-state index is 14.1. The number of para-hydroxylation sites is 1. The molecule has 5 nitrogen and oxygen atoms in total. The third-order valence-electron chi connectivity index (χ3n) is 8.02. The number of rotatable bonds is 2. The molecule has 5 heteroatoms. The van der Waals surface area contributed by atoms with Gasteiger partial charge in [0.05, 0.1) is 5.69 Å². The first-order chi connectivity index (χ1) is 15.5. The number of carbonyl (C=O) groups is 2. The Hall–Kier alpha value is -3.08. The van der Waals surface area contributed by atoms with E-state index in [9.17, 15) is 9.59 Å². The van der Waals surface area contributed by atoms with Crippen molar-refractivity contribution in [2.45, 2.75) is 57.0 Å². The molecule has 3 heterocycles. The second-order valence-electron chi connectivity index (χ2n) is 9.87. The highest BCUT2D eigenvalue weighted by Crippen LogP contribution is 2.48. The summed E-state index contributed by atoms with van der Waals surface area (Å²) in [6, 6.07) is 17.0. The highest BCUT2D eigenvalue weighted by molar-refractivity contribution is 6.01. The van der Waals surface area contributed by atoms with Crippen LogP contribution in [0.4, 0.5) is 0 Å². The molecule has 1 saturated carbocycles. The van der Waals surface area contributed by atoms with Crippen molar-refractivity contribution in [1.29, 1.82) is 0 Å². The lowest BCUT2D eigenvalue weighted by molar-refractivity contribution is -0.168. The molecule has 1 N–H and O–H groups in total. The summed E-state index contributed by atoms with van der Waals surface area (Å²) in [7, 11) is 0. The number of nitrogens with zero attached hydrogens (tertiary/aromatic N) is 2. The van der Waals surface area contributed by atoms with E-state index in [0.29, 0.717) is 6.54 Å². The lowest BCUT2D eigenvalue weighted by Crippen LogP contribution is -2.68. The molecule has 164 valence electrons. The van der Waals surface area contributed by atoms with E-state index in [1.807, 2.05) is 22.8 Å². The van der Waals surface area contributed by atoms with E-state index in [1.165, 1.54) is 11.1 Å². The van der Waals surface area contributed by atoms with Crippen molar-refractivity contribution in [3.63, 3.8) is 0 Å². The van der Waals surface area contributed by atoms with Gasteiger partial charge in [-0.25, -0.2) is 0 Å². The van der Waals surface area contributed by atoms with Crippen LogP contribution in [0, 0.1) is 6.92 Å². The molecule has 2 aliphatic heterocycles. The second-order valence-corrected chi connectivity index (χ2v) is 9.87. The van der Waals surface area contributed by atoms with Crippen molar-refractivity contribution < 1.29 is 9.59 Å². The minimum Gasteiger partial charge on any atom is -0.356 e. The van der Waals surface area contributed by atoms with Crippen molar-refractivity contribution in [2.24, 2.45) is 0 Å². The Labute approximate surface area is 188 Å². The zero-order valence-corrected chi connectivity index (χ0v) is 18.7. The molecule has 32 heavy (non-hydrogen) atoms. The van der Waals surface area contributed by atoms with Crippen LogP contribution >= 0.6 is 0 Å². The summed E-state index contributed by atoms with van der Waals surface area (Å²) in [5, 5.41) is 1.15. The lowest BCUT2D eigenvalue weighted by Gasteiger charge is -2.52. The van der Waals surface area contributed by atoms with Crippen LogP contribution in [0.1, 0.15) is 60.9 Å². The first-order valence-corrected chi connectivity index (χ1v) is 11.8. The maximum Gasteiger partial charge on any atom is 0.255 e. The minimum absolute atomic E-state index is 0.0320. The molecule has 0 spiro atoms. The molecule has 2 aromatic carbocycles. The third kappa shape index (κ3) is 2.63. The van der Waals surface area contributed by atoms with Gasteiger partial charge in [0.25, 0.3) is 5.91 Å². The van der Waals surface area contributed by atoms with E-state index >= 15 is 0 Å². The van der Waals surface area contributed by atoms with Gasteiger partial charge in [-0.15, -0.1) is 0 Å². The molecule has 2 amide bonds. The fraction of sp³-hybridized carbons (Fsp3) is 0.407. The number of H-pyrrole nitrogens is 1. The van der Waals surface area contributed by atoms with Gasteiger partial charge in [-0.3, -0.25) is 9.59 Å². The number of amides is 2. The number of aromatic nitrogens is 1. The smallest absolute Gasteiger partial charge is 0.255 e. The van der Waals surface area contributed by atoms with E-state index < -0.39 is 5.54 Å². The fourth-order valence-electron chi connectivity index (χ4n) is 6.24. The van der Waals surface area contributed by atoms with Crippen molar-refractivity contribution in [2.75, 3.05) is 13.1 Å². The highest BCUT2D eigenvalue weighted by atomic mass is 16.2. The van der Waals surface area contributed by atoms with Crippen LogP contribution < -0.4 is 0 Å². The number of piperazine rings is 1. The Morgan fingerprint density at radius 3 is 2.47 bits per heavy atom. The molecular weight excluding hydrogens is 398 g/mol. The Bertz CT molecular complexity index is 1220. The first kappa shape index (κ1) is 19.6. The average molecular weight is 428 g/mol. The van der Waals surface area contributed by atoms with Gasteiger partial charge in [0.1, 0.15) is 6.54 Å². The number of carbonyl (C=O) groups excluding carboxylic acids is 2. The predicted octanol–water partition coefficient (Wildman–Crippen LogP) is 4.45. The number of fused-ring (bicyclic) bond motifs is 5. The monoisotopic (exact) mass is 427 g/mol. The van der Waals surface area contributed by atoms with Crippen LogP contribution in [0.5, 0.6) is 0 Å². The summed E-state index contributed by atoms with van der Waals surface area (Å²) in [6.07, 6.45) is 4.27. The predicted molar refractivity (Wildman–Crippen MR) is 124 cm³/mol. The number of benzene rings is 2. The van der Waals surface area contributed by atoms with E-state index in [2.05, 4.69) is 54.4 Å². The topological polar surface area (TPSA) is 56.4 Å². The summed E-state index contributed by atoms with van der Waals surface area (Å²) in [5.41, 5.74) is 4.48. The molecule has 0 radical (unpaired) electrons. The van der Waals surface area contributed by atoms with Crippen LogP contribution in [0.3, 0.4) is 0 Å². The second kappa shape index (κ2) is 6.96. The number of hydrogen-bond acceptors (Lipinski definition) is 2. The van der Waals surface area contributed by atoms with Crippen LogP contribution in [0.25, 0.3) is 10.9 Å². The SMILES string of the molecule is Cc1ccc([C@H]2CN3C(=O)CN(C4CCCC4)C(=O)[C@@]3(C)c3[nH]c4ccccc4c32)cc1. The molecule has 3 aromatic rings. The summed E-state index contributed by atoms with van der Waals surface area (Å²) in [4.78, 5) is 34.9. The van der Waals surface area contributed by atoms with Gasteiger partial charge in [0, 0.05) is 29.4 Å². The Morgan fingerprint density at radius 2 is 1.72 bits per heavy atom. The van der Waals surface area contributed by atoms with E-state index in [4.69, 9.17) is 0 Å². The molecular formula is C27H29N3O2. The van der Waals surface area contributed by atoms with Gasteiger partial charge in [0.15, 0.2) is 5.54 Å². The highest BCUT2D eigenvalue weighted by Gasteiger charge is 2.57. The van der Waals surface area contributed by atoms with Gasteiger partial charge in [0.2, 0.25) is 5.91 Å². The normalized spacial score (nSPS) is 26.0. The first-order valence-electron chi connectivity index (χ1n) is 11.8. The molecule has 1 aliphatic carbocycles. The Balaban J connectivity index is 1.56. The Kier molecular flexibility index (Phi) is 4.26. The summed E-state index contributed by atoms with van der Waals surface area (Å²) in [5.74, 6) is 0.157. The van der Waals surface area contributed by atoms with Gasteiger partial charge in [-0.2, -0.15) is 0 Å². The average Bonchev–Trinajstić information content (AvgIpc) is 3.46. The fourth-order valence-corrected chi connectivity index (χ4v) is 6.24. The number of aryl methyl sites for hydroxylation is 1. The third-order valence-corrected chi connectivity index (χ3v) is 8.02. The quantitative estimate of drug-likeness (QED) is 0.657. The van der Waals surface area contributed by atoms with Crippen LogP contribution in [-0.4, -0.2) is 45.7 Å². The zero-order chi connectivity index (χ0) is 22.0. The molecule has 1 saturated heterocycles. The molecule has 0 bridgehead atoms. The molecule has 6 rings (SSSR count). The van der Waals surface area contributed by atoms with E-state index in [-0.39, 0.29) is 30.3 Å². The van der Waals surface area contributed by atoms with Crippen molar-refractivity contribution in [3.8, 4) is 0 Å². The number of nitrogens with one attached hydrogen (secondary N) is 1. The molecule has 3 aliphatic rings. The zero-order valence-electron chi connectivity index (χ0n) is 18.7. The standard InChI is InChI=1S/C27H29N3O2/c1-17-11-13-18(14-12-17)21-15-30-23(31)16-29(19-7-3-4-8-19)26(32)27(30,2)25-24(21)20-9-5-6-10-22(20)28-25/h5-6,9-14,19,21,28H,3-4,7-8,15-16H2,1-2H3/t21-,27-/m1/s1. The largest absolute Gasteiger partial charge is 0.356 e. The van der Waals surface area contributed by atoms with Crippen molar-refractivity contribution in [3.05, 3.63) is 70.9 Å². The lowest BCUT2D eigenvalue weighted by atomic mass is 9.76. The minimum atomic E-state index is -0.993. The molecule has 2 atom stereocenters. The van der Waals surface area contributed by atoms with Gasteiger partial charge >= 0.3 is 0 Å². The van der Waals surface area contributed by atoms with Gasteiger partial charge in [-0.1, -0.05) is 60.9 Å². The Morgan fingerprint density at radius 1 is 1.00 bits per heavy atom. The summed E-state index contributed by atoms with van der Waals surface area (Å²) in [6.45, 7) is 4.77. The maximum atomic E-state index is 14.1.